The Morgan fingerprint density at radius 1 is 0.674 bits per heavy atom. The molecule has 1 unspecified atom stereocenters. The fourth-order valence-electron chi connectivity index (χ4n) is 6.61. The molecule has 3 heteroatoms. The smallest absolute Gasteiger partial charge is 0.0678 e. The highest BCUT2D eigenvalue weighted by Crippen LogP contribution is 2.55. The standard InChI is InChI=1S/C43H63NP2/c1-38(2,3)28-21-32(40(7,8)9)36(33(22-28)41(10,11)12)45-25-30-19-18-20-31(44-30)26-46-27-43(16,17)35-24-29(39(4,5)6)23-34(37(35)46)42(13,14)15/h18-25H,26-27H2,1-17H3. The number of hydrogen-bond donors (Lipinski definition) is 0. The maximum Gasteiger partial charge on any atom is 0.0678 e. The maximum absolute atomic E-state index is 5.31. The van der Waals surface area contributed by atoms with E-state index in [2.05, 4.69) is 166 Å². The zero-order chi connectivity index (χ0) is 34.8. The van der Waals surface area contributed by atoms with Gasteiger partial charge in [-0.2, -0.15) is 0 Å². The number of hydrogen-bond acceptors (Lipinski definition) is 1. The molecule has 1 aliphatic rings. The van der Waals surface area contributed by atoms with Crippen LogP contribution >= 0.6 is 16.1 Å². The first kappa shape index (κ1) is 37.0. The van der Waals surface area contributed by atoms with Crippen molar-refractivity contribution >= 4 is 32.5 Å². The van der Waals surface area contributed by atoms with Crippen molar-refractivity contribution in [1.82, 2.24) is 4.98 Å². The van der Waals surface area contributed by atoms with Crippen molar-refractivity contribution in [3.8, 4) is 0 Å². The van der Waals surface area contributed by atoms with Crippen molar-refractivity contribution in [1.29, 1.82) is 0 Å². The molecule has 0 fully saturated rings. The lowest BCUT2D eigenvalue weighted by molar-refractivity contribution is 0.554. The van der Waals surface area contributed by atoms with E-state index in [1.165, 1.54) is 47.6 Å². The lowest BCUT2D eigenvalue weighted by Crippen LogP contribution is -2.29. The van der Waals surface area contributed by atoms with E-state index in [1.807, 2.05) is 0 Å². The van der Waals surface area contributed by atoms with Gasteiger partial charge in [-0.1, -0.05) is 164 Å². The molecule has 0 bridgehead atoms. The predicted octanol–water partition coefficient (Wildman–Crippen LogP) is 11.6. The number of nitrogens with zero attached hydrogens (tertiary/aromatic N) is 1. The van der Waals surface area contributed by atoms with Crippen LogP contribution < -0.4 is 10.6 Å². The highest BCUT2D eigenvalue weighted by Gasteiger charge is 2.41. The highest BCUT2D eigenvalue weighted by molar-refractivity contribution is 7.65. The summed E-state index contributed by atoms with van der Waals surface area (Å²) in [6.07, 6.45) is 2.27. The molecule has 3 aromatic rings. The third kappa shape index (κ3) is 8.07. The van der Waals surface area contributed by atoms with Gasteiger partial charge in [-0.05, 0) is 95.3 Å². The molecule has 0 amide bonds. The summed E-state index contributed by atoms with van der Waals surface area (Å²) >= 11 is 0. The molecule has 1 atom stereocenters. The second-order valence-electron chi connectivity index (χ2n) is 19.6. The number of pyridine rings is 1. The van der Waals surface area contributed by atoms with Crippen molar-refractivity contribution in [2.24, 2.45) is 0 Å². The molecular formula is C43H63NP2. The number of fused-ring (bicyclic) bond motifs is 1. The first-order valence-electron chi connectivity index (χ1n) is 17.3. The summed E-state index contributed by atoms with van der Waals surface area (Å²) in [6.45, 7) is 40.3. The molecule has 0 radical (unpaired) electrons. The van der Waals surface area contributed by atoms with Crippen LogP contribution in [0.4, 0.5) is 0 Å². The van der Waals surface area contributed by atoms with Gasteiger partial charge < -0.3 is 0 Å². The molecule has 46 heavy (non-hydrogen) atoms. The molecule has 2 heterocycles. The van der Waals surface area contributed by atoms with Gasteiger partial charge in [0.2, 0.25) is 0 Å². The van der Waals surface area contributed by atoms with Gasteiger partial charge in [0.25, 0.3) is 0 Å². The van der Waals surface area contributed by atoms with E-state index in [0.29, 0.717) is 0 Å². The van der Waals surface area contributed by atoms with Crippen LogP contribution in [0.5, 0.6) is 0 Å². The molecule has 0 spiro atoms. The van der Waals surface area contributed by atoms with Crippen LogP contribution in [0.25, 0.3) is 0 Å². The van der Waals surface area contributed by atoms with Gasteiger partial charge in [0, 0.05) is 17.2 Å². The Labute approximate surface area is 286 Å². The van der Waals surface area contributed by atoms with Gasteiger partial charge in [0.15, 0.2) is 0 Å². The van der Waals surface area contributed by atoms with Gasteiger partial charge in [0.1, 0.15) is 0 Å². The fourth-order valence-corrected chi connectivity index (χ4v) is 11.7. The second-order valence-corrected chi connectivity index (χ2v) is 22.8. The summed E-state index contributed by atoms with van der Waals surface area (Å²) in [5.41, 5.74) is 11.9. The van der Waals surface area contributed by atoms with Gasteiger partial charge in [-0.3, -0.25) is 4.98 Å². The molecule has 1 nitrogen and oxygen atoms in total. The molecule has 0 N–H and O–H groups in total. The largest absolute Gasteiger partial charge is 0.253 e. The van der Waals surface area contributed by atoms with Crippen LogP contribution in [0.2, 0.25) is 0 Å². The van der Waals surface area contributed by atoms with Gasteiger partial charge in [-0.25, -0.2) is 0 Å². The lowest BCUT2D eigenvalue weighted by atomic mass is 9.75. The van der Waals surface area contributed by atoms with E-state index in [0.717, 1.165) is 11.9 Å². The molecule has 1 aliphatic heterocycles. The Kier molecular flexibility index (Phi) is 9.86. The average Bonchev–Trinajstić information content (AvgIpc) is 3.13. The lowest BCUT2D eigenvalue weighted by Gasteiger charge is -2.32. The van der Waals surface area contributed by atoms with Crippen LogP contribution in [-0.2, 0) is 38.7 Å². The molecular weight excluding hydrogens is 592 g/mol. The Morgan fingerprint density at radius 2 is 1.15 bits per heavy atom. The van der Waals surface area contributed by atoms with E-state index >= 15 is 0 Å². The molecule has 0 saturated heterocycles. The van der Waals surface area contributed by atoms with E-state index in [4.69, 9.17) is 4.98 Å². The van der Waals surface area contributed by atoms with Crippen molar-refractivity contribution in [3.63, 3.8) is 0 Å². The molecule has 1 aromatic heterocycles. The van der Waals surface area contributed by atoms with Crippen LogP contribution in [0.15, 0.2) is 42.5 Å². The van der Waals surface area contributed by atoms with Gasteiger partial charge in [0.05, 0.1) is 5.69 Å². The summed E-state index contributed by atoms with van der Waals surface area (Å²) in [5.74, 6) is 2.36. The first-order chi connectivity index (χ1) is 20.7. The van der Waals surface area contributed by atoms with E-state index in [9.17, 15) is 0 Å². The summed E-state index contributed by atoms with van der Waals surface area (Å²) in [7, 11) is 0.862. The van der Waals surface area contributed by atoms with Crippen molar-refractivity contribution in [2.75, 3.05) is 6.16 Å². The third-order valence-electron chi connectivity index (χ3n) is 9.51. The fraction of sp³-hybridized carbons (Fsp3) is 0.581. The minimum Gasteiger partial charge on any atom is -0.253 e. The van der Waals surface area contributed by atoms with Crippen molar-refractivity contribution in [3.05, 3.63) is 87.2 Å². The van der Waals surface area contributed by atoms with E-state index in [-0.39, 0.29) is 40.4 Å². The molecule has 0 saturated carbocycles. The van der Waals surface area contributed by atoms with Gasteiger partial charge in [-0.15, -0.1) is 0 Å². The predicted molar refractivity (Wildman–Crippen MR) is 210 cm³/mol. The van der Waals surface area contributed by atoms with E-state index < -0.39 is 0 Å². The van der Waals surface area contributed by atoms with Crippen LogP contribution in [-0.4, -0.2) is 16.9 Å². The number of benzene rings is 2. The summed E-state index contributed by atoms with van der Waals surface area (Å²) < 4.78 is 0. The van der Waals surface area contributed by atoms with Crippen LogP contribution in [0, 0.1) is 0 Å². The second kappa shape index (κ2) is 12.3. The molecule has 4 rings (SSSR count). The monoisotopic (exact) mass is 655 g/mol. The Balaban J connectivity index is 1.77. The van der Waals surface area contributed by atoms with E-state index in [1.54, 1.807) is 16.4 Å². The third-order valence-corrected chi connectivity index (χ3v) is 13.6. The summed E-state index contributed by atoms with van der Waals surface area (Å²) in [5, 5.41) is 3.10. The maximum atomic E-state index is 5.31. The minimum atomic E-state index is -0.359. The van der Waals surface area contributed by atoms with Crippen LogP contribution in [0.3, 0.4) is 0 Å². The highest BCUT2D eigenvalue weighted by atomic mass is 31.1. The normalized spacial score (nSPS) is 17.5. The van der Waals surface area contributed by atoms with Crippen molar-refractivity contribution in [2.45, 2.75) is 156 Å². The number of aromatic nitrogens is 1. The molecule has 0 aliphatic carbocycles. The summed E-state index contributed by atoms with van der Waals surface area (Å²) in [6, 6.07) is 16.7. The quantitative estimate of drug-likeness (QED) is 0.255. The zero-order valence-electron chi connectivity index (χ0n) is 32.4. The topological polar surface area (TPSA) is 12.9 Å². The first-order valence-corrected chi connectivity index (χ1v) is 20.0. The zero-order valence-corrected chi connectivity index (χ0v) is 34.2. The van der Waals surface area contributed by atoms with Gasteiger partial charge >= 0.3 is 0 Å². The Morgan fingerprint density at radius 3 is 1.63 bits per heavy atom. The number of rotatable bonds is 4. The Hall–Kier alpha value is -1.81. The SMILES string of the molecule is CC(C)(C)c1cc(C(C)(C)C)c(P=Cc2cccc(CP3CC(C)(C)c4cc(C(C)(C)C)cc(C(C)(C)C)c43)n2)c(C(C)(C)C)c1. The minimum absolute atomic E-state index is 0.0512. The van der Waals surface area contributed by atoms with Crippen LogP contribution in [0.1, 0.15) is 162 Å². The average molecular weight is 656 g/mol. The van der Waals surface area contributed by atoms with Crippen molar-refractivity contribution < 1.29 is 0 Å². The molecule has 250 valence electrons. The summed E-state index contributed by atoms with van der Waals surface area (Å²) in [4.78, 5) is 5.31. The Bertz CT molecular complexity index is 1580. The molecule has 2 aromatic carbocycles.